The van der Waals surface area contributed by atoms with E-state index in [-0.39, 0.29) is 17.9 Å². The number of halogens is 2. The van der Waals surface area contributed by atoms with Crippen LogP contribution in [-0.4, -0.2) is 66.2 Å². The quantitative estimate of drug-likeness (QED) is 0.439. The summed E-state index contributed by atoms with van der Waals surface area (Å²) in [5.74, 6) is 0.609. The Hall–Kier alpha value is -2.45. The maximum Gasteiger partial charge on any atom is 0.261 e. The third kappa shape index (κ3) is 5.92. The third-order valence-electron chi connectivity index (χ3n) is 7.11. The van der Waals surface area contributed by atoms with Gasteiger partial charge in [0.05, 0.1) is 40.4 Å². The number of ether oxygens (including phenoxy) is 1. The average Bonchev–Trinajstić information content (AvgIpc) is 3.40. The number of hydrogen-bond donors (Lipinski definition) is 0. The molecule has 36 heavy (non-hydrogen) atoms. The Balaban J connectivity index is 1.22. The van der Waals surface area contributed by atoms with Gasteiger partial charge < -0.3 is 9.64 Å². The number of carbonyl (C=O) groups is 1. The molecule has 1 unspecified atom stereocenters. The number of nitrogens with zero attached hydrogens (tertiary/aromatic N) is 4. The van der Waals surface area contributed by atoms with Crippen LogP contribution < -0.4 is 10.5 Å². The first-order valence-electron chi connectivity index (χ1n) is 12.5. The topological polar surface area (TPSA) is 67.7 Å². The molecule has 0 amide bonds. The predicted molar refractivity (Wildman–Crippen MR) is 143 cm³/mol. The Kier molecular flexibility index (Phi) is 7.91. The molecule has 3 heterocycles. The van der Waals surface area contributed by atoms with Crippen molar-refractivity contribution < 1.29 is 9.53 Å². The third-order valence-corrected chi connectivity index (χ3v) is 7.85. The molecule has 5 rings (SSSR count). The van der Waals surface area contributed by atoms with E-state index in [1.807, 2.05) is 24.3 Å². The van der Waals surface area contributed by atoms with Crippen LogP contribution in [0.25, 0.3) is 10.9 Å². The van der Waals surface area contributed by atoms with E-state index in [1.54, 1.807) is 12.1 Å². The molecule has 2 saturated heterocycles. The molecule has 190 valence electrons. The molecule has 2 aromatic carbocycles. The molecule has 1 aromatic heterocycles. The number of carbonyl (C=O) groups excluding carboxylic acids is 1. The van der Waals surface area contributed by atoms with Crippen LogP contribution in [-0.2, 0) is 22.5 Å². The van der Waals surface area contributed by atoms with Crippen LogP contribution in [0.1, 0.15) is 18.4 Å². The van der Waals surface area contributed by atoms with Crippen LogP contribution in [0.5, 0.6) is 0 Å². The number of aromatic nitrogens is 2. The van der Waals surface area contributed by atoms with Gasteiger partial charge >= 0.3 is 0 Å². The van der Waals surface area contributed by atoms with Crippen molar-refractivity contribution in [2.75, 3.05) is 50.8 Å². The highest BCUT2D eigenvalue weighted by Crippen LogP contribution is 2.24. The van der Waals surface area contributed by atoms with Crippen molar-refractivity contribution in [1.82, 2.24) is 14.5 Å². The minimum absolute atomic E-state index is 0.00310. The summed E-state index contributed by atoms with van der Waals surface area (Å²) in [6.07, 6.45) is 3.46. The van der Waals surface area contributed by atoms with Gasteiger partial charge in [-0.1, -0.05) is 29.3 Å². The lowest BCUT2D eigenvalue weighted by Gasteiger charge is -2.37. The second-order valence-corrected chi connectivity index (χ2v) is 10.5. The lowest BCUT2D eigenvalue weighted by atomic mass is 10.1. The van der Waals surface area contributed by atoms with E-state index in [4.69, 9.17) is 27.9 Å². The minimum atomic E-state index is -0.190. The van der Waals surface area contributed by atoms with Gasteiger partial charge in [-0.25, -0.2) is 4.98 Å². The molecule has 2 fully saturated rings. The highest BCUT2D eigenvalue weighted by Gasteiger charge is 2.23. The Bertz CT molecular complexity index is 1300. The molecule has 0 N–H and O–H groups in total. The summed E-state index contributed by atoms with van der Waals surface area (Å²) in [5, 5.41) is 1.50. The summed E-state index contributed by atoms with van der Waals surface area (Å²) < 4.78 is 6.92. The van der Waals surface area contributed by atoms with Gasteiger partial charge in [-0.15, -0.1) is 0 Å². The number of aryl methyl sites for hydroxylation is 1. The number of rotatable bonds is 8. The van der Waals surface area contributed by atoms with Crippen LogP contribution in [0.3, 0.4) is 0 Å². The number of benzene rings is 2. The summed E-state index contributed by atoms with van der Waals surface area (Å²) in [6, 6.07) is 11.2. The normalized spacial score (nSPS) is 18.7. The molecular formula is C27H30Cl2N4O3. The SMILES string of the molecule is O=C(CCc1ccc(Cl)c(Cl)c1)Cn1cnc2ccc(N3CCN(CC4CCOC4)CC3)cc2c1=O. The summed E-state index contributed by atoms with van der Waals surface area (Å²) in [5.41, 5.74) is 2.41. The van der Waals surface area contributed by atoms with Gasteiger partial charge in [0.15, 0.2) is 5.78 Å². The van der Waals surface area contributed by atoms with Crippen LogP contribution in [0.15, 0.2) is 47.5 Å². The van der Waals surface area contributed by atoms with Crippen molar-refractivity contribution in [3.63, 3.8) is 0 Å². The van der Waals surface area contributed by atoms with E-state index in [0.717, 1.165) is 63.6 Å². The molecule has 2 aliphatic heterocycles. The standard InChI is InChI=1S/C27H30Cl2N4O3/c28-24-5-2-19(13-25(24)29)1-4-22(34)16-33-18-30-26-6-3-21(14-23(26)27(33)35)32-10-8-31(9-11-32)15-20-7-12-36-17-20/h2-3,5-6,13-14,18,20H,1,4,7-12,15-17H2. The monoisotopic (exact) mass is 528 g/mol. The number of fused-ring (bicyclic) bond motifs is 1. The Morgan fingerprint density at radius 1 is 1.06 bits per heavy atom. The van der Waals surface area contributed by atoms with Crippen molar-refractivity contribution in [3.05, 3.63) is 68.7 Å². The summed E-state index contributed by atoms with van der Waals surface area (Å²) >= 11 is 12.0. The Morgan fingerprint density at radius 3 is 2.64 bits per heavy atom. The van der Waals surface area contributed by atoms with Crippen LogP contribution in [0.4, 0.5) is 5.69 Å². The second kappa shape index (κ2) is 11.3. The summed E-state index contributed by atoms with van der Waals surface area (Å²) in [6.45, 7) is 6.69. The Morgan fingerprint density at radius 2 is 1.89 bits per heavy atom. The molecule has 1 atom stereocenters. The van der Waals surface area contributed by atoms with Gasteiger partial charge in [-0.3, -0.25) is 19.1 Å². The zero-order chi connectivity index (χ0) is 25.1. The van der Waals surface area contributed by atoms with E-state index in [9.17, 15) is 9.59 Å². The first kappa shape index (κ1) is 25.2. The zero-order valence-electron chi connectivity index (χ0n) is 20.2. The van der Waals surface area contributed by atoms with Crippen molar-refractivity contribution in [2.24, 2.45) is 5.92 Å². The van der Waals surface area contributed by atoms with Gasteiger partial charge in [0.2, 0.25) is 0 Å². The average molecular weight is 529 g/mol. The van der Waals surface area contributed by atoms with Crippen LogP contribution >= 0.6 is 23.2 Å². The van der Waals surface area contributed by atoms with E-state index in [0.29, 0.717) is 39.7 Å². The molecule has 7 nitrogen and oxygen atoms in total. The smallest absolute Gasteiger partial charge is 0.261 e. The molecule has 0 saturated carbocycles. The highest BCUT2D eigenvalue weighted by molar-refractivity contribution is 6.42. The number of anilines is 1. The predicted octanol–water partition coefficient (Wildman–Crippen LogP) is 4.06. The minimum Gasteiger partial charge on any atom is -0.381 e. The van der Waals surface area contributed by atoms with Gasteiger partial charge in [-0.2, -0.15) is 0 Å². The molecule has 2 aliphatic rings. The second-order valence-electron chi connectivity index (χ2n) is 9.68. The summed E-state index contributed by atoms with van der Waals surface area (Å²) in [7, 11) is 0. The number of hydrogen-bond acceptors (Lipinski definition) is 6. The fraction of sp³-hybridized carbons (Fsp3) is 0.444. The maximum atomic E-state index is 13.2. The van der Waals surface area contributed by atoms with E-state index < -0.39 is 0 Å². The van der Waals surface area contributed by atoms with Gasteiger partial charge in [0, 0.05) is 51.4 Å². The molecule has 0 spiro atoms. The fourth-order valence-corrected chi connectivity index (χ4v) is 5.31. The molecular weight excluding hydrogens is 499 g/mol. The number of ketones is 1. The van der Waals surface area contributed by atoms with Crippen molar-refractivity contribution >= 4 is 45.6 Å². The van der Waals surface area contributed by atoms with Gasteiger partial charge in [0.25, 0.3) is 5.56 Å². The van der Waals surface area contributed by atoms with Crippen LogP contribution in [0.2, 0.25) is 10.0 Å². The maximum absolute atomic E-state index is 13.2. The number of Topliss-reactive ketones (excluding diaryl/α,β-unsaturated/α-hetero) is 1. The highest BCUT2D eigenvalue weighted by atomic mass is 35.5. The van der Waals surface area contributed by atoms with Crippen molar-refractivity contribution in [1.29, 1.82) is 0 Å². The van der Waals surface area contributed by atoms with E-state index in [2.05, 4.69) is 14.8 Å². The van der Waals surface area contributed by atoms with E-state index in [1.165, 1.54) is 10.9 Å². The van der Waals surface area contributed by atoms with E-state index >= 15 is 0 Å². The lowest BCUT2D eigenvalue weighted by molar-refractivity contribution is -0.119. The van der Waals surface area contributed by atoms with Crippen LogP contribution in [0, 0.1) is 5.92 Å². The molecule has 0 aliphatic carbocycles. The molecule has 3 aromatic rings. The van der Waals surface area contributed by atoms with Crippen molar-refractivity contribution in [2.45, 2.75) is 25.8 Å². The molecule has 9 heteroatoms. The first-order chi connectivity index (χ1) is 17.5. The molecule has 0 bridgehead atoms. The van der Waals surface area contributed by atoms with Crippen molar-refractivity contribution in [3.8, 4) is 0 Å². The Labute approximate surface area is 220 Å². The largest absolute Gasteiger partial charge is 0.381 e. The first-order valence-corrected chi connectivity index (χ1v) is 13.2. The summed E-state index contributed by atoms with van der Waals surface area (Å²) in [4.78, 5) is 35.1. The lowest BCUT2D eigenvalue weighted by Crippen LogP contribution is -2.47. The fourth-order valence-electron chi connectivity index (χ4n) is 4.99. The molecule has 0 radical (unpaired) electrons. The van der Waals surface area contributed by atoms with Gasteiger partial charge in [0.1, 0.15) is 0 Å². The number of piperazine rings is 1. The zero-order valence-corrected chi connectivity index (χ0v) is 21.7. The van der Waals surface area contributed by atoms with Gasteiger partial charge in [-0.05, 0) is 54.7 Å².